The Labute approximate surface area is 118 Å². The van der Waals surface area contributed by atoms with Crippen molar-refractivity contribution in [3.63, 3.8) is 0 Å². The van der Waals surface area contributed by atoms with Crippen LogP contribution in [0.15, 0.2) is 42.6 Å². The highest BCUT2D eigenvalue weighted by Crippen LogP contribution is 2.31. The van der Waals surface area contributed by atoms with Gasteiger partial charge in [0.2, 0.25) is 0 Å². The molecule has 1 aromatic heterocycles. The number of hydrogen-bond acceptors (Lipinski definition) is 4. The molecule has 0 saturated carbocycles. The second-order valence-electron chi connectivity index (χ2n) is 4.38. The lowest BCUT2D eigenvalue weighted by molar-refractivity contribution is -0.109. The minimum Gasteiger partial charge on any atom is -0.493 e. The lowest BCUT2D eigenvalue weighted by atomic mass is 9.95. The van der Waals surface area contributed by atoms with Gasteiger partial charge in [-0.3, -0.25) is 4.98 Å². The zero-order valence-corrected chi connectivity index (χ0v) is 11.6. The molecule has 2 aromatic rings. The van der Waals surface area contributed by atoms with Crippen molar-refractivity contribution in [2.75, 3.05) is 14.2 Å². The van der Waals surface area contributed by atoms with E-state index < -0.39 is 0 Å². The maximum atomic E-state index is 11.4. The maximum Gasteiger partial charge on any atom is 0.161 e. The summed E-state index contributed by atoms with van der Waals surface area (Å²) < 4.78 is 10.5. The molecular weight excluding hydrogens is 254 g/mol. The van der Waals surface area contributed by atoms with Crippen LogP contribution in [0.4, 0.5) is 0 Å². The standard InChI is InChI=1S/C16H17NO3/c1-19-15-7-6-12(10-16(15)20-2)13(11-18)9-14-5-3-4-8-17-14/h3-8,10-11,13H,9H2,1-2H3. The van der Waals surface area contributed by atoms with Crippen molar-refractivity contribution in [2.24, 2.45) is 0 Å². The van der Waals surface area contributed by atoms with Gasteiger partial charge >= 0.3 is 0 Å². The van der Waals surface area contributed by atoms with Gasteiger partial charge in [-0.1, -0.05) is 12.1 Å². The Balaban J connectivity index is 2.25. The zero-order valence-electron chi connectivity index (χ0n) is 11.6. The number of aldehydes is 1. The third-order valence-corrected chi connectivity index (χ3v) is 3.16. The van der Waals surface area contributed by atoms with E-state index in [0.29, 0.717) is 17.9 Å². The molecule has 0 fully saturated rings. The second kappa shape index (κ2) is 6.70. The highest BCUT2D eigenvalue weighted by atomic mass is 16.5. The van der Waals surface area contributed by atoms with Gasteiger partial charge in [0.1, 0.15) is 6.29 Å². The normalized spacial score (nSPS) is 11.7. The molecule has 20 heavy (non-hydrogen) atoms. The van der Waals surface area contributed by atoms with Crippen molar-refractivity contribution in [1.82, 2.24) is 4.98 Å². The summed E-state index contributed by atoms with van der Waals surface area (Å²) in [5, 5.41) is 0. The van der Waals surface area contributed by atoms with Crippen LogP contribution in [0.1, 0.15) is 17.2 Å². The number of methoxy groups -OCH3 is 2. The van der Waals surface area contributed by atoms with Gasteiger partial charge in [0.05, 0.1) is 14.2 Å². The Hall–Kier alpha value is -2.36. The van der Waals surface area contributed by atoms with Crippen molar-refractivity contribution in [3.05, 3.63) is 53.9 Å². The van der Waals surface area contributed by atoms with Crippen LogP contribution in [0, 0.1) is 0 Å². The van der Waals surface area contributed by atoms with Crippen LogP contribution >= 0.6 is 0 Å². The third kappa shape index (κ3) is 3.15. The number of pyridine rings is 1. The molecule has 0 aliphatic rings. The van der Waals surface area contributed by atoms with E-state index in [1.807, 2.05) is 36.4 Å². The fraction of sp³-hybridized carbons (Fsp3) is 0.250. The Kier molecular flexibility index (Phi) is 4.71. The molecule has 0 aliphatic heterocycles. The smallest absolute Gasteiger partial charge is 0.161 e. The molecule has 0 N–H and O–H groups in total. The van der Waals surface area contributed by atoms with Crippen LogP contribution in [0.2, 0.25) is 0 Å². The van der Waals surface area contributed by atoms with Gasteiger partial charge in [-0.2, -0.15) is 0 Å². The number of carbonyl (C=O) groups excluding carboxylic acids is 1. The van der Waals surface area contributed by atoms with Crippen LogP contribution < -0.4 is 9.47 Å². The van der Waals surface area contributed by atoms with Gasteiger partial charge in [0.25, 0.3) is 0 Å². The summed E-state index contributed by atoms with van der Waals surface area (Å²) in [5.74, 6) is 1.03. The first-order chi connectivity index (χ1) is 9.78. The predicted octanol–water partition coefficient (Wildman–Crippen LogP) is 2.62. The summed E-state index contributed by atoms with van der Waals surface area (Å²) in [6.45, 7) is 0. The summed E-state index contributed by atoms with van der Waals surface area (Å²) in [7, 11) is 3.17. The van der Waals surface area contributed by atoms with Gasteiger partial charge in [-0.15, -0.1) is 0 Å². The van der Waals surface area contributed by atoms with Crippen molar-refractivity contribution in [3.8, 4) is 11.5 Å². The van der Waals surface area contributed by atoms with E-state index in [0.717, 1.165) is 17.5 Å². The Bertz CT molecular complexity index is 569. The quantitative estimate of drug-likeness (QED) is 0.758. The fourth-order valence-corrected chi connectivity index (χ4v) is 2.07. The van der Waals surface area contributed by atoms with Crippen molar-refractivity contribution in [2.45, 2.75) is 12.3 Å². The van der Waals surface area contributed by atoms with E-state index in [1.165, 1.54) is 0 Å². The van der Waals surface area contributed by atoms with Crippen LogP contribution in [0.3, 0.4) is 0 Å². The molecule has 4 heteroatoms. The highest BCUT2D eigenvalue weighted by molar-refractivity contribution is 5.64. The molecule has 0 radical (unpaired) electrons. The first kappa shape index (κ1) is 14.1. The minimum absolute atomic E-state index is 0.246. The first-order valence-corrected chi connectivity index (χ1v) is 6.35. The molecule has 4 nitrogen and oxygen atoms in total. The topological polar surface area (TPSA) is 48.4 Å². The number of aromatic nitrogens is 1. The Morgan fingerprint density at radius 1 is 1.15 bits per heavy atom. The van der Waals surface area contributed by atoms with E-state index in [1.54, 1.807) is 20.4 Å². The van der Waals surface area contributed by atoms with E-state index >= 15 is 0 Å². The molecule has 1 unspecified atom stereocenters. The Morgan fingerprint density at radius 2 is 1.95 bits per heavy atom. The summed E-state index contributed by atoms with van der Waals surface area (Å²) >= 11 is 0. The number of benzene rings is 1. The average molecular weight is 271 g/mol. The molecular formula is C16H17NO3. The molecule has 1 atom stereocenters. The monoisotopic (exact) mass is 271 g/mol. The van der Waals surface area contributed by atoms with Crippen molar-refractivity contribution in [1.29, 1.82) is 0 Å². The number of hydrogen-bond donors (Lipinski definition) is 0. The van der Waals surface area contributed by atoms with Gasteiger partial charge in [-0.25, -0.2) is 0 Å². The number of nitrogens with zero attached hydrogens (tertiary/aromatic N) is 1. The van der Waals surface area contributed by atoms with Crippen LogP contribution in [0.5, 0.6) is 11.5 Å². The first-order valence-electron chi connectivity index (χ1n) is 6.35. The van der Waals surface area contributed by atoms with E-state index in [9.17, 15) is 4.79 Å². The lowest BCUT2D eigenvalue weighted by Gasteiger charge is -2.13. The molecule has 2 rings (SSSR count). The van der Waals surface area contributed by atoms with Crippen molar-refractivity contribution >= 4 is 6.29 Å². The van der Waals surface area contributed by atoms with E-state index in [4.69, 9.17) is 9.47 Å². The average Bonchev–Trinajstić information content (AvgIpc) is 2.53. The molecule has 0 saturated heterocycles. The van der Waals surface area contributed by atoms with E-state index in [2.05, 4.69) is 4.98 Å². The summed E-state index contributed by atoms with van der Waals surface area (Å²) in [5.41, 5.74) is 1.78. The SMILES string of the molecule is COc1ccc(C(C=O)Cc2ccccn2)cc1OC. The summed E-state index contributed by atoms with van der Waals surface area (Å²) in [4.78, 5) is 15.6. The number of ether oxygens (including phenoxy) is 2. The number of carbonyl (C=O) groups is 1. The van der Waals surface area contributed by atoms with Gasteiger partial charge in [-0.05, 0) is 29.8 Å². The van der Waals surface area contributed by atoms with E-state index in [-0.39, 0.29) is 5.92 Å². The molecule has 0 spiro atoms. The van der Waals surface area contributed by atoms with Gasteiger partial charge < -0.3 is 14.3 Å². The fourth-order valence-electron chi connectivity index (χ4n) is 2.07. The molecule has 0 bridgehead atoms. The minimum atomic E-state index is -0.246. The molecule has 1 aromatic carbocycles. The van der Waals surface area contributed by atoms with Crippen LogP contribution in [-0.2, 0) is 11.2 Å². The lowest BCUT2D eigenvalue weighted by Crippen LogP contribution is -2.06. The highest BCUT2D eigenvalue weighted by Gasteiger charge is 2.15. The van der Waals surface area contributed by atoms with Gasteiger partial charge in [0, 0.05) is 24.2 Å². The zero-order chi connectivity index (χ0) is 14.4. The molecule has 0 amide bonds. The second-order valence-corrected chi connectivity index (χ2v) is 4.38. The summed E-state index contributed by atoms with van der Waals surface area (Å²) in [6, 6.07) is 11.2. The third-order valence-electron chi connectivity index (χ3n) is 3.16. The summed E-state index contributed by atoms with van der Waals surface area (Å²) in [6.07, 6.45) is 3.24. The molecule has 1 heterocycles. The van der Waals surface area contributed by atoms with Crippen LogP contribution in [0.25, 0.3) is 0 Å². The van der Waals surface area contributed by atoms with Crippen molar-refractivity contribution < 1.29 is 14.3 Å². The van der Waals surface area contributed by atoms with Crippen LogP contribution in [-0.4, -0.2) is 25.5 Å². The molecule has 0 aliphatic carbocycles. The Morgan fingerprint density at radius 3 is 2.55 bits per heavy atom. The van der Waals surface area contributed by atoms with Gasteiger partial charge in [0.15, 0.2) is 11.5 Å². The number of rotatable bonds is 6. The predicted molar refractivity (Wildman–Crippen MR) is 76.3 cm³/mol. The largest absolute Gasteiger partial charge is 0.493 e. The maximum absolute atomic E-state index is 11.4. The molecule has 104 valence electrons.